The minimum atomic E-state index is -0.670. The second-order valence-electron chi connectivity index (χ2n) is 9.46. The van der Waals surface area contributed by atoms with E-state index in [1.165, 1.54) is 5.56 Å². The maximum absolute atomic E-state index is 11.4. The second-order valence-corrected chi connectivity index (χ2v) is 9.46. The molecule has 6 aromatic carbocycles. The van der Waals surface area contributed by atoms with Gasteiger partial charge in [0.05, 0.1) is 0 Å². The number of fused-ring (bicyclic) bond motifs is 2. The van der Waals surface area contributed by atoms with Crippen LogP contribution in [0.5, 0.6) is 11.5 Å². The molecule has 2 heteroatoms. The van der Waals surface area contributed by atoms with Crippen LogP contribution in [0.1, 0.15) is 23.6 Å². The van der Waals surface area contributed by atoms with Crippen LogP contribution in [0.4, 0.5) is 0 Å². The quantitative estimate of drug-likeness (QED) is 0.256. The summed E-state index contributed by atoms with van der Waals surface area (Å²) in [6, 6.07) is 42.7. The van der Waals surface area contributed by atoms with Crippen molar-refractivity contribution in [1.29, 1.82) is 0 Å². The van der Waals surface area contributed by atoms with Crippen LogP contribution in [0.15, 0.2) is 127 Å². The predicted molar refractivity (Wildman–Crippen MR) is 149 cm³/mol. The molecular weight excluding hydrogens is 440 g/mol. The summed E-state index contributed by atoms with van der Waals surface area (Å²) in [6.07, 6.45) is 0. The molecule has 0 aliphatic rings. The van der Waals surface area contributed by atoms with Gasteiger partial charge in [0.2, 0.25) is 0 Å². The largest absolute Gasteiger partial charge is 0.508 e. The summed E-state index contributed by atoms with van der Waals surface area (Å²) in [6.45, 7) is 2.19. The minimum absolute atomic E-state index is 0.207. The van der Waals surface area contributed by atoms with Gasteiger partial charge in [0.15, 0.2) is 0 Å². The molecule has 0 aliphatic heterocycles. The molecule has 0 bridgehead atoms. The SMILES string of the molecule is CC(c1ccc(-c2ccccc2)cc1)(c1cccc2ccccc12)c1c(O)ccc2cc(O)ccc12. The zero-order valence-corrected chi connectivity index (χ0v) is 20.0. The van der Waals surface area contributed by atoms with E-state index >= 15 is 0 Å². The third-order valence-corrected chi connectivity index (χ3v) is 7.38. The zero-order valence-electron chi connectivity index (χ0n) is 20.0. The number of hydrogen-bond donors (Lipinski definition) is 2. The van der Waals surface area contributed by atoms with Crippen LogP contribution in [0.25, 0.3) is 32.7 Å². The van der Waals surface area contributed by atoms with Gasteiger partial charge < -0.3 is 10.2 Å². The Labute approximate surface area is 210 Å². The Morgan fingerprint density at radius 2 is 1.22 bits per heavy atom. The Morgan fingerprint density at radius 1 is 0.528 bits per heavy atom. The van der Waals surface area contributed by atoms with Gasteiger partial charge in [-0.2, -0.15) is 0 Å². The minimum Gasteiger partial charge on any atom is -0.508 e. The first-order valence-electron chi connectivity index (χ1n) is 12.1. The fourth-order valence-corrected chi connectivity index (χ4v) is 5.55. The first-order valence-corrected chi connectivity index (χ1v) is 12.1. The molecule has 6 aromatic rings. The van der Waals surface area contributed by atoms with E-state index in [1.54, 1.807) is 18.2 Å². The van der Waals surface area contributed by atoms with Gasteiger partial charge in [0, 0.05) is 11.0 Å². The molecule has 1 unspecified atom stereocenters. The van der Waals surface area contributed by atoms with Crippen molar-refractivity contribution in [3.8, 4) is 22.6 Å². The second kappa shape index (κ2) is 8.58. The topological polar surface area (TPSA) is 40.5 Å². The lowest BCUT2D eigenvalue weighted by Crippen LogP contribution is -2.26. The van der Waals surface area contributed by atoms with Crippen molar-refractivity contribution < 1.29 is 10.2 Å². The Kier molecular flexibility index (Phi) is 5.23. The maximum atomic E-state index is 11.4. The Balaban J connectivity index is 1.67. The maximum Gasteiger partial charge on any atom is 0.120 e. The number of aromatic hydroxyl groups is 2. The van der Waals surface area contributed by atoms with Gasteiger partial charge in [-0.3, -0.25) is 0 Å². The highest BCUT2D eigenvalue weighted by Crippen LogP contribution is 2.48. The van der Waals surface area contributed by atoms with E-state index in [0.29, 0.717) is 0 Å². The number of benzene rings is 6. The standard InChI is InChI=1S/C34H26O2/c1-34(31-13-7-11-25-10-5-6-12-29(25)31,27-17-14-24(15-18-27)23-8-3-2-4-9-23)33-30-20-19-28(35)22-26(30)16-21-32(33)36/h2-22,35-36H,1H3. The summed E-state index contributed by atoms with van der Waals surface area (Å²) in [5, 5.41) is 25.6. The molecule has 1 atom stereocenters. The van der Waals surface area contributed by atoms with Gasteiger partial charge in [-0.05, 0) is 68.9 Å². The van der Waals surface area contributed by atoms with Gasteiger partial charge in [-0.1, -0.05) is 109 Å². The molecule has 0 amide bonds. The Morgan fingerprint density at radius 3 is 2.03 bits per heavy atom. The van der Waals surface area contributed by atoms with Crippen molar-refractivity contribution >= 4 is 21.5 Å². The van der Waals surface area contributed by atoms with E-state index in [-0.39, 0.29) is 11.5 Å². The fourth-order valence-electron chi connectivity index (χ4n) is 5.55. The average Bonchev–Trinajstić information content (AvgIpc) is 2.93. The first-order chi connectivity index (χ1) is 17.6. The molecular formula is C34H26O2. The van der Waals surface area contributed by atoms with Crippen LogP contribution in [0.3, 0.4) is 0 Å². The van der Waals surface area contributed by atoms with Crippen molar-refractivity contribution in [3.63, 3.8) is 0 Å². The lowest BCUT2D eigenvalue weighted by Gasteiger charge is -2.34. The third kappa shape index (κ3) is 3.50. The van der Waals surface area contributed by atoms with Crippen LogP contribution in [-0.2, 0) is 5.41 Å². The van der Waals surface area contributed by atoms with E-state index < -0.39 is 5.41 Å². The highest BCUT2D eigenvalue weighted by Gasteiger charge is 2.36. The van der Waals surface area contributed by atoms with Crippen LogP contribution in [0.2, 0.25) is 0 Å². The summed E-state index contributed by atoms with van der Waals surface area (Å²) >= 11 is 0. The number of phenols is 2. The summed E-state index contributed by atoms with van der Waals surface area (Å²) in [7, 11) is 0. The molecule has 0 radical (unpaired) electrons. The lowest BCUT2D eigenvalue weighted by molar-refractivity contribution is 0.459. The molecule has 0 fully saturated rings. The monoisotopic (exact) mass is 466 g/mol. The summed E-state index contributed by atoms with van der Waals surface area (Å²) in [5.74, 6) is 0.439. The normalized spacial score (nSPS) is 13.0. The highest BCUT2D eigenvalue weighted by molar-refractivity contribution is 5.94. The van der Waals surface area contributed by atoms with Crippen LogP contribution in [-0.4, -0.2) is 10.2 Å². The van der Waals surface area contributed by atoms with E-state index in [2.05, 4.69) is 85.8 Å². The van der Waals surface area contributed by atoms with E-state index in [0.717, 1.165) is 43.8 Å². The first kappa shape index (κ1) is 21.9. The van der Waals surface area contributed by atoms with E-state index in [9.17, 15) is 10.2 Å². The van der Waals surface area contributed by atoms with Crippen molar-refractivity contribution in [3.05, 3.63) is 144 Å². The van der Waals surface area contributed by atoms with Gasteiger partial charge in [-0.15, -0.1) is 0 Å². The molecule has 174 valence electrons. The van der Waals surface area contributed by atoms with Gasteiger partial charge in [0.1, 0.15) is 11.5 Å². The molecule has 0 saturated carbocycles. The van der Waals surface area contributed by atoms with E-state index in [1.807, 2.05) is 30.3 Å². The molecule has 36 heavy (non-hydrogen) atoms. The number of phenolic OH excluding ortho intramolecular Hbond substituents is 2. The van der Waals surface area contributed by atoms with Crippen LogP contribution >= 0.6 is 0 Å². The number of rotatable bonds is 4. The predicted octanol–water partition coefficient (Wildman–Crippen LogP) is 8.43. The molecule has 0 spiro atoms. The Hall–Kier alpha value is -4.56. The summed E-state index contributed by atoms with van der Waals surface area (Å²) in [4.78, 5) is 0. The van der Waals surface area contributed by atoms with Gasteiger partial charge in [0.25, 0.3) is 0 Å². The average molecular weight is 467 g/mol. The van der Waals surface area contributed by atoms with Gasteiger partial charge in [-0.25, -0.2) is 0 Å². The molecule has 0 heterocycles. The van der Waals surface area contributed by atoms with E-state index in [4.69, 9.17) is 0 Å². The smallest absolute Gasteiger partial charge is 0.120 e. The van der Waals surface area contributed by atoms with Crippen molar-refractivity contribution in [2.24, 2.45) is 0 Å². The molecule has 0 saturated heterocycles. The summed E-state index contributed by atoms with van der Waals surface area (Å²) < 4.78 is 0. The fraction of sp³-hybridized carbons (Fsp3) is 0.0588. The van der Waals surface area contributed by atoms with Crippen molar-refractivity contribution in [1.82, 2.24) is 0 Å². The zero-order chi connectivity index (χ0) is 24.7. The highest BCUT2D eigenvalue weighted by atomic mass is 16.3. The molecule has 6 rings (SSSR count). The summed E-state index contributed by atoms with van der Waals surface area (Å²) in [5.41, 5.74) is 4.66. The molecule has 0 aromatic heterocycles. The molecule has 2 nitrogen and oxygen atoms in total. The van der Waals surface area contributed by atoms with Crippen molar-refractivity contribution in [2.75, 3.05) is 0 Å². The number of hydrogen-bond acceptors (Lipinski definition) is 2. The molecule has 0 aliphatic carbocycles. The molecule has 2 N–H and O–H groups in total. The third-order valence-electron chi connectivity index (χ3n) is 7.38. The van der Waals surface area contributed by atoms with Crippen LogP contribution < -0.4 is 0 Å². The lowest BCUT2D eigenvalue weighted by atomic mass is 9.68. The van der Waals surface area contributed by atoms with Crippen molar-refractivity contribution in [2.45, 2.75) is 12.3 Å². The van der Waals surface area contributed by atoms with Gasteiger partial charge >= 0.3 is 0 Å². The van der Waals surface area contributed by atoms with Crippen LogP contribution in [0, 0.1) is 0 Å². The Bertz CT molecular complexity index is 1700.